The van der Waals surface area contributed by atoms with E-state index in [2.05, 4.69) is 0 Å². The van der Waals surface area contributed by atoms with Gasteiger partial charge < -0.3 is 10.2 Å². The van der Waals surface area contributed by atoms with Crippen LogP contribution in [0.4, 0.5) is 0 Å². The first kappa shape index (κ1) is 13.0. The molecule has 0 atom stereocenters. The molecule has 0 amide bonds. The fourth-order valence-electron chi connectivity index (χ4n) is 0.622. The number of rotatable bonds is 0. The fraction of sp³-hybridized carbons (Fsp3) is 0. The van der Waals surface area contributed by atoms with Crippen molar-refractivity contribution >= 4 is 34.8 Å². The van der Waals surface area contributed by atoms with E-state index in [9.17, 15) is 9.59 Å². The number of carbonyl (C=O) groups excluding carboxylic acids is 2. The Morgan fingerprint density at radius 2 is 1.08 bits per heavy atom. The molecule has 4 nitrogen and oxygen atoms in total. The monoisotopic (exact) mass is 231 g/mol. The molecule has 0 aromatic carbocycles. The second-order valence-electron chi connectivity index (χ2n) is 1.98. The molecule has 0 bridgehead atoms. The molecule has 13 heavy (non-hydrogen) atoms. The summed E-state index contributed by atoms with van der Waals surface area (Å²) >= 11 is 10.4. The topological polar surface area (TPSA) is 74.6 Å². The maximum absolute atomic E-state index is 10.8. The molecule has 0 aliphatic heterocycles. The third kappa shape index (κ3) is 2.08. The van der Waals surface area contributed by atoms with Crippen molar-refractivity contribution in [2.45, 2.75) is 0 Å². The minimum atomic E-state index is -1.06. The van der Waals surface area contributed by atoms with Crippen molar-refractivity contribution in [2.24, 2.45) is 0 Å². The number of aliphatic hydroxyl groups excluding tert-OH is 2. The molecule has 0 aromatic rings. The molecule has 1 aliphatic rings. The number of Topliss-reactive ketones (excluding diaryl/α,β-unsaturated/α-hetero) is 2. The predicted octanol–water partition coefficient (Wildman–Crippen LogP) is -1.84. The molecule has 0 spiro atoms. The Hall–Kier alpha value is 0. The molecule has 0 saturated heterocycles. The summed E-state index contributed by atoms with van der Waals surface area (Å²) in [6, 6.07) is 0. The van der Waals surface area contributed by atoms with Gasteiger partial charge in [0, 0.05) is 0 Å². The maximum Gasteiger partial charge on any atom is 1.00 e. The van der Waals surface area contributed by atoms with Gasteiger partial charge >= 0.3 is 29.6 Å². The maximum atomic E-state index is 10.8. The molecule has 1 aliphatic carbocycles. The molecule has 0 unspecified atom stereocenters. The first-order chi connectivity index (χ1) is 5.46. The summed E-state index contributed by atoms with van der Waals surface area (Å²) in [6.07, 6.45) is 0. The van der Waals surface area contributed by atoms with Crippen LogP contribution in [0.15, 0.2) is 21.6 Å². The van der Waals surface area contributed by atoms with Crippen LogP contribution in [0, 0.1) is 0 Å². The second-order valence-corrected chi connectivity index (χ2v) is 2.74. The number of hydrogen-bond acceptors (Lipinski definition) is 4. The van der Waals surface area contributed by atoms with Gasteiger partial charge in [-0.3, -0.25) is 9.59 Å². The van der Waals surface area contributed by atoms with Gasteiger partial charge in [-0.05, 0) is 0 Å². The van der Waals surface area contributed by atoms with E-state index in [1.54, 1.807) is 0 Å². The fourth-order valence-corrected chi connectivity index (χ4v) is 0.973. The predicted molar refractivity (Wildman–Crippen MR) is 41.0 cm³/mol. The number of carbonyl (C=O) groups is 2. The van der Waals surface area contributed by atoms with E-state index in [0.29, 0.717) is 0 Å². The number of hydrogen-bond donors (Lipinski definition) is 2. The Bertz CT molecular complexity index is 283. The van der Waals surface area contributed by atoms with E-state index in [0.717, 1.165) is 0 Å². The average Bonchev–Trinajstić information content (AvgIpc) is 2.08. The molecule has 0 heterocycles. The second kappa shape index (κ2) is 4.48. The summed E-state index contributed by atoms with van der Waals surface area (Å²) in [6.45, 7) is 0. The van der Waals surface area contributed by atoms with Crippen LogP contribution in [0.3, 0.4) is 0 Å². The van der Waals surface area contributed by atoms with Crippen molar-refractivity contribution in [1.29, 1.82) is 0 Å². The number of allylic oxidation sites excluding steroid dienone is 2. The van der Waals surface area contributed by atoms with E-state index < -0.39 is 33.1 Å². The Balaban J connectivity index is 0.00000144. The molecule has 2 N–H and O–H groups in total. The van der Waals surface area contributed by atoms with Crippen LogP contribution in [0.1, 0.15) is 0 Å². The number of ketones is 2. The summed E-state index contributed by atoms with van der Waals surface area (Å²) in [5.41, 5.74) is 0. The van der Waals surface area contributed by atoms with Crippen molar-refractivity contribution in [3.8, 4) is 0 Å². The summed E-state index contributed by atoms with van der Waals surface area (Å²) < 4.78 is 0. The largest absolute Gasteiger partial charge is 1.00 e. The van der Waals surface area contributed by atoms with Gasteiger partial charge in [0.15, 0.2) is 11.5 Å². The zero-order valence-corrected chi connectivity index (χ0v) is 9.98. The molecule has 64 valence electrons. The Kier molecular flexibility index (Phi) is 4.48. The smallest absolute Gasteiger partial charge is 0.503 e. The van der Waals surface area contributed by atoms with Gasteiger partial charge in [-0.1, -0.05) is 23.2 Å². The summed E-state index contributed by atoms with van der Waals surface area (Å²) in [7, 11) is 0. The van der Waals surface area contributed by atoms with Crippen LogP contribution in [-0.4, -0.2) is 21.8 Å². The zero-order chi connectivity index (χ0) is 9.46. The molecular weight excluding hydrogens is 230 g/mol. The van der Waals surface area contributed by atoms with Gasteiger partial charge in [0.25, 0.3) is 0 Å². The van der Waals surface area contributed by atoms with Crippen LogP contribution in [0.5, 0.6) is 0 Å². The van der Waals surface area contributed by atoms with Gasteiger partial charge in [0.1, 0.15) is 10.1 Å². The Labute approximate surface area is 105 Å². The Morgan fingerprint density at radius 3 is 1.31 bits per heavy atom. The van der Waals surface area contributed by atoms with Gasteiger partial charge in [0.2, 0.25) is 11.6 Å². The minimum absolute atomic E-state index is 0. The molecule has 0 aromatic heterocycles. The Morgan fingerprint density at radius 1 is 0.846 bits per heavy atom. The third-order valence-electron chi connectivity index (χ3n) is 1.24. The van der Waals surface area contributed by atoms with Crippen LogP contribution >= 0.6 is 23.2 Å². The molecule has 0 saturated carbocycles. The van der Waals surface area contributed by atoms with E-state index in [1.807, 2.05) is 0 Å². The van der Waals surface area contributed by atoms with Gasteiger partial charge in [-0.2, -0.15) is 0 Å². The van der Waals surface area contributed by atoms with Gasteiger partial charge in [-0.25, -0.2) is 0 Å². The first-order valence-electron chi connectivity index (χ1n) is 2.73. The van der Waals surface area contributed by atoms with Crippen molar-refractivity contribution in [3.05, 3.63) is 21.6 Å². The number of aliphatic hydroxyl groups is 2. The zero-order valence-electron chi connectivity index (χ0n) is 6.47. The van der Waals surface area contributed by atoms with Crippen LogP contribution < -0.4 is 29.6 Å². The number of halogens is 2. The molecule has 0 radical (unpaired) electrons. The summed E-state index contributed by atoms with van der Waals surface area (Å²) in [5.74, 6) is -3.99. The van der Waals surface area contributed by atoms with E-state index in [4.69, 9.17) is 33.4 Å². The third-order valence-corrected chi connectivity index (χ3v) is 1.95. The molecule has 1 rings (SSSR count). The minimum Gasteiger partial charge on any atom is -0.503 e. The standard InChI is InChI=1S/C6H2Cl2O4.Na/c7-1-3(9)5(11)2(8)6(12)4(1)10;/h9,12H;/q;+1. The van der Waals surface area contributed by atoms with Crippen molar-refractivity contribution in [1.82, 2.24) is 0 Å². The van der Waals surface area contributed by atoms with Crippen molar-refractivity contribution in [3.63, 3.8) is 0 Å². The average molecular weight is 232 g/mol. The summed E-state index contributed by atoms with van der Waals surface area (Å²) in [4.78, 5) is 21.6. The van der Waals surface area contributed by atoms with Crippen molar-refractivity contribution in [2.75, 3.05) is 0 Å². The van der Waals surface area contributed by atoms with Crippen molar-refractivity contribution < 1.29 is 49.4 Å². The SMILES string of the molecule is O=C1C(O)=C(Cl)C(=O)C(O)=C1Cl.[Na+]. The summed E-state index contributed by atoms with van der Waals surface area (Å²) in [5, 5.41) is 16.3. The molecular formula is C6H2Cl2NaO4+. The van der Waals surface area contributed by atoms with Gasteiger partial charge in [0.05, 0.1) is 0 Å². The molecule has 7 heteroatoms. The van der Waals surface area contributed by atoms with E-state index in [-0.39, 0.29) is 29.6 Å². The van der Waals surface area contributed by atoms with E-state index in [1.165, 1.54) is 0 Å². The van der Waals surface area contributed by atoms with Crippen LogP contribution in [-0.2, 0) is 9.59 Å². The van der Waals surface area contributed by atoms with Gasteiger partial charge in [-0.15, -0.1) is 0 Å². The van der Waals surface area contributed by atoms with E-state index >= 15 is 0 Å². The van der Waals surface area contributed by atoms with Crippen LogP contribution in [0.2, 0.25) is 0 Å². The normalized spacial score (nSPS) is 17.7. The quantitative estimate of drug-likeness (QED) is 0.380. The first-order valence-corrected chi connectivity index (χ1v) is 3.49. The van der Waals surface area contributed by atoms with Crippen LogP contribution in [0.25, 0.3) is 0 Å². The molecule has 0 fully saturated rings.